The fourth-order valence-corrected chi connectivity index (χ4v) is 2.58. The van der Waals surface area contributed by atoms with Crippen molar-refractivity contribution >= 4 is 11.7 Å². The van der Waals surface area contributed by atoms with Crippen molar-refractivity contribution in [2.75, 3.05) is 25.0 Å². The molecule has 3 N–H and O–H groups in total. The van der Waals surface area contributed by atoms with E-state index in [4.69, 9.17) is 5.73 Å². The highest BCUT2D eigenvalue weighted by Crippen LogP contribution is 2.20. The lowest BCUT2D eigenvalue weighted by Gasteiger charge is -2.31. The SMILES string of the molecule is Cc1ccc(NC(=O)N2CCCC(C)C2)c(C#CCN)c1. The third-order valence-corrected chi connectivity index (χ3v) is 3.69. The Kier molecular flexibility index (Phi) is 5.24. The number of carbonyl (C=O) groups is 1. The Hall–Kier alpha value is -1.99. The Balaban J connectivity index is 2.13. The lowest BCUT2D eigenvalue weighted by atomic mass is 10.0. The van der Waals surface area contributed by atoms with E-state index in [-0.39, 0.29) is 6.03 Å². The molecule has 2 amide bonds. The van der Waals surface area contributed by atoms with E-state index in [1.165, 1.54) is 6.42 Å². The van der Waals surface area contributed by atoms with Crippen molar-refractivity contribution in [3.05, 3.63) is 29.3 Å². The lowest BCUT2D eigenvalue weighted by molar-refractivity contribution is 0.182. The Bertz CT molecular complexity index is 571. The number of anilines is 1. The van der Waals surface area contributed by atoms with Crippen LogP contribution in [0, 0.1) is 24.7 Å². The van der Waals surface area contributed by atoms with Crippen molar-refractivity contribution in [2.45, 2.75) is 26.7 Å². The van der Waals surface area contributed by atoms with Crippen LogP contribution in [0.3, 0.4) is 0 Å². The van der Waals surface area contributed by atoms with Gasteiger partial charge in [-0.1, -0.05) is 24.8 Å². The maximum atomic E-state index is 12.4. The van der Waals surface area contributed by atoms with Crippen molar-refractivity contribution in [2.24, 2.45) is 11.7 Å². The van der Waals surface area contributed by atoms with Gasteiger partial charge < -0.3 is 16.0 Å². The number of nitrogens with one attached hydrogen (secondary N) is 1. The van der Waals surface area contributed by atoms with Crippen LogP contribution in [0.2, 0.25) is 0 Å². The van der Waals surface area contributed by atoms with Crippen LogP contribution in [-0.4, -0.2) is 30.6 Å². The summed E-state index contributed by atoms with van der Waals surface area (Å²) >= 11 is 0. The first-order valence-corrected chi connectivity index (χ1v) is 7.45. The molecule has 112 valence electrons. The lowest BCUT2D eigenvalue weighted by Crippen LogP contribution is -2.41. The summed E-state index contributed by atoms with van der Waals surface area (Å²) in [7, 11) is 0. The molecule has 1 aromatic rings. The Morgan fingerprint density at radius 3 is 3.05 bits per heavy atom. The summed E-state index contributed by atoms with van der Waals surface area (Å²) in [6, 6.07) is 5.81. The van der Waals surface area contributed by atoms with Gasteiger partial charge in [0.05, 0.1) is 12.2 Å². The zero-order valence-corrected chi connectivity index (χ0v) is 12.8. The van der Waals surface area contributed by atoms with Gasteiger partial charge in [-0.3, -0.25) is 0 Å². The number of amides is 2. The van der Waals surface area contributed by atoms with Gasteiger partial charge in [0, 0.05) is 18.7 Å². The van der Waals surface area contributed by atoms with Crippen LogP contribution in [0.25, 0.3) is 0 Å². The fraction of sp³-hybridized carbons (Fsp3) is 0.471. The second-order valence-corrected chi connectivity index (χ2v) is 5.68. The molecule has 1 saturated heterocycles. The maximum Gasteiger partial charge on any atom is 0.321 e. The van der Waals surface area contributed by atoms with E-state index in [1.54, 1.807) is 0 Å². The first-order valence-electron chi connectivity index (χ1n) is 7.45. The van der Waals surface area contributed by atoms with Crippen LogP contribution in [0.15, 0.2) is 18.2 Å². The van der Waals surface area contributed by atoms with Gasteiger partial charge in [-0.2, -0.15) is 0 Å². The molecule has 0 bridgehead atoms. The molecular formula is C17H23N3O. The maximum absolute atomic E-state index is 12.4. The van der Waals surface area contributed by atoms with Gasteiger partial charge in [0.1, 0.15) is 0 Å². The van der Waals surface area contributed by atoms with Crippen LogP contribution in [0.4, 0.5) is 10.5 Å². The second kappa shape index (κ2) is 7.14. The molecule has 0 radical (unpaired) electrons. The normalized spacial score (nSPS) is 17.9. The summed E-state index contributed by atoms with van der Waals surface area (Å²) in [6.45, 7) is 6.15. The number of hydrogen-bond donors (Lipinski definition) is 2. The van der Waals surface area contributed by atoms with Crippen molar-refractivity contribution in [1.82, 2.24) is 4.90 Å². The number of likely N-dealkylation sites (tertiary alicyclic amines) is 1. The summed E-state index contributed by atoms with van der Waals surface area (Å²) in [5.74, 6) is 6.44. The summed E-state index contributed by atoms with van der Waals surface area (Å²) in [6.07, 6.45) is 2.27. The predicted octanol–water partition coefficient (Wildman–Crippen LogP) is 2.57. The van der Waals surface area contributed by atoms with E-state index in [0.717, 1.165) is 36.3 Å². The summed E-state index contributed by atoms with van der Waals surface area (Å²) in [5.41, 5.74) is 8.11. The number of hydrogen-bond acceptors (Lipinski definition) is 2. The molecule has 1 unspecified atom stereocenters. The van der Waals surface area contributed by atoms with Gasteiger partial charge in [-0.15, -0.1) is 0 Å². The highest BCUT2D eigenvalue weighted by molar-refractivity contribution is 5.91. The molecule has 1 aliphatic heterocycles. The van der Waals surface area contributed by atoms with Crippen molar-refractivity contribution in [3.63, 3.8) is 0 Å². The highest BCUT2D eigenvalue weighted by atomic mass is 16.2. The fourth-order valence-electron chi connectivity index (χ4n) is 2.58. The third kappa shape index (κ3) is 4.24. The number of nitrogens with two attached hydrogens (primary N) is 1. The number of urea groups is 1. The van der Waals surface area contributed by atoms with Gasteiger partial charge >= 0.3 is 6.03 Å². The highest BCUT2D eigenvalue weighted by Gasteiger charge is 2.21. The largest absolute Gasteiger partial charge is 0.324 e. The van der Waals surface area contributed by atoms with Gasteiger partial charge in [0.25, 0.3) is 0 Å². The smallest absolute Gasteiger partial charge is 0.321 e. The number of rotatable bonds is 1. The van der Waals surface area contributed by atoms with Gasteiger partial charge in [-0.05, 0) is 43.4 Å². The molecule has 1 fully saturated rings. The Labute approximate surface area is 126 Å². The van der Waals surface area contributed by atoms with Crippen molar-refractivity contribution < 1.29 is 4.79 Å². The van der Waals surface area contributed by atoms with E-state index >= 15 is 0 Å². The van der Waals surface area contributed by atoms with E-state index < -0.39 is 0 Å². The third-order valence-electron chi connectivity index (χ3n) is 3.69. The average molecular weight is 285 g/mol. The zero-order chi connectivity index (χ0) is 15.2. The molecule has 2 rings (SSSR count). The van der Waals surface area contributed by atoms with Crippen LogP contribution in [0.5, 0.6) is 0 Å². The second-order valence-electron chi connectivity index (χ2n) is 5.68. The van der Waals surface area contributed by atoms with Crippen LogP contribution < -0.4 is 11.1 Å². The Morgan fingerprint density at radius 2 is 2.33 bits per heavy atom. The molecule has 1 aromatic carbocycles. The molecule has 1 aliphatic rings. The Morgan fingerprint density at radius 1 is 1.52 bits per heavy atom. The molecule has 0 aliphatic carbocycles. The monoisotopic (exact) mass is 285 g/mol. The topological polar surface area (TPSA) is 58.4 Å². The van der Waals surface area contributed by atoms with Crippen LogP contribution in [0.1, 0.15) is 30.9 Å². The molecule has 0 spiro atoms. The number of benzene rings is 1. The molecule has 1 heterocycles. The van der Waals surface area contributed by atoms with Gasteiger partial charge in [0.15, 0.2) is 0 Å². The quantitative estimate of drug-likeness (QED) is 0.779. The molecule has 0 aromatic heterocycles. The molecular weight excluding hydrogens is 262 g/mol. The summed E-state index contributed by atoms with van der Waals surface area (Å²) < 4.78 is 0. The first kappa shape index (κ1) is 15.4. The molecule has 0 saturated carbocycles. The predicted molar refractivity (Wildman–Crippen MR) is 86.1 cm³/mol. The number of aryl methyl sites for hydroxylation is 1. The standard InChI is InChI=1S/C17H23N3O/c1-13-7-8-16(15(11-13)6-3-9-18)19-17(21)20-10-4-5-14(2)12-20/h7-8,11,14H,4-5,9-10,12,18H2,1-2H3,(H,19,21). The summed E-state index contributed by atoms with van der Waals surface area (Å²) in [5, 5.41) is 2.98. The zero-order valence-electron chi connectivity index (χ0n) is 12.8. The van der Waals surface area contributed by atoms with Gasteiger partial charge in [-0.25, -0.2) is 4.79 Å². The number of piperidine rings is 1. The molecule has 21 heavy (non-hydrogen) atoms. The first-order chi connectivity index (χ1) is 10.1. The van der Waals surface area contributed by atoms with Crippen molar-refractivity contribution in [1.29, 1.82) is 0 Å². The van der Waals surface area contributed by atoms with Crippen LogP contribution in [-0.2, 0) is 0 Å². The molecule has 4 nitrogen and oxygen atoms in total. The van der Waals surface area contributed by atoms with Crippen molar-refractivity contribution in [3.8, 4) is 11.8 Å². The van der Waals surface area contributed by atoms with E-state index in [2.05, 4.69) is 24.1 Å². The number of carbonyl (C=O) groups excluding carboxylic acids is 1. The number of nitrogens with zero attached hydrogens (tertiary/aromatic N) is 1. The molecule has 1 atom stereocenters. The average Bonchev–Trinajstić information content (AvgIpc) is 2.47. The minimum atomic E-state index is -0.0406. The minimum Gasteiger partial charge on any atom is -0.324 e. The molecule has 4 heteroatoms. The van der Waals surface area contributed by atoms with E-state index in [0.29, 0.717) is 12.5 Å². The van der Waals surface area contributed by atoms with E-state index in [9.17, 15) is 4.79 Å². The van der Waals surface area contributed by atoms with Crippen LogP contribution >= 0.6 is 0 Å². The summed E-state index contributed by atoms with van der Waals surface area (Å²) in [4.78, 5) is 14.2. The minimum absolute atomic E-state index is 0.0406. The van der Waals surface area contributed by atoms with E-state index in [1.807, 2.05) is 30.0 Å². The van der Waals surface area contributed by atoms with Gasteiger partial charge in [0.2, 0.25) is 0 Å².